The number of ketones is 1. The van der Waals surface area contributed by atoms with Gasteiger partial charge in [-0.3, -0.25) is 14.3 Å². The Hall–Kier alpha value is -2.39. The molecule has 0 unspecified atom stereocenters. The van der Waals surface area contributed by atoms with Crippen LogP contribution in [0.25, 0.3) is 0 Å². The molecule has 1 amide bonds. The number of alkyl halides is 3. The van der Waals surface area contributed by atoms with Gasteiger partial charge in [-0.15, -0.1) is 0 Å². The number of esters is 1. The lowest BCUT2D eigenvalue weighted by Gasteiger charge is -2.20. The highest BCUT2D eigenvalue weighted by Crippen LogP contribution is 2.32. The number of piperidine rings is 1. The van der Waals surface area contributed by atoms with Gasteiger partial charge < -0.3 is 10.1 Å². The molecule has 1 aliphatic rings. The number of rotatable bonds is 6. The zero-order valence-corrected chi connectivity index (χ0v) is 14.5. The molecular formula is C16H20F3N3O4. The van der Waals surface area contributed by atoms with Crippen LogP contribution in [-0.4, -0.2) is 40.6 Å². The van der Waals surface area contributed by atoms with Crippen molar-refractivity contribution in [3.63, 3.8) is 0 Å². The number of amides is 1. The Bertz CT molecular complexity index is 712. The quantitative estimate of drug-likeness (QED) is 0.465. The molecule has 2 rings (SSSR count). The van der Waals surface area contributed by atoms with Gasteiger partial charge in [-0.25, -0.2) is 4.79 Å². The number of aryl methyl sites for hydroxylation is 1. The fraction of sp³-hybridized carbons (Fsp3) is 0.625. The summed E-state index contributed by atoms with van der Waals surface area (Å²) in [6.07, 6.45) is -3.42. The molecule has 144 valence electrons. The van der Waals surface area contributed by atoms with Crippen LogP contribution < -0.4 is 5.32 Å². The number of halogens is 3. The number of hydrogen-bond donors (Lipinski definition) is 1. The SMILES string of the molecule is Cc1c(C(=O)OCCCC(=O)[C@@H]2CCCNC2=O)c(C(F)(F)F)nn1C. The highest BCUT2D eigenvalue weighted by Gasteiger charge is 2.41. The molecule has 1 N–H and O–H groups in total. The summed E-state index contributed by atoms with van der Waals surface area (Å²) in [6.45, 7) is 1.67. The van der Waals surface area contributed by atoms with Crippen molar-refractivity contribution in [2.45, 2.75) is 38.8 Å². The fourth-order valence-corrected chi connectivity index (χ4v) is 2.79. The Morgan fingerprint density at radius 1 is 1.38 bits per heavy atom. The molecule has 10 heteroatoms. The van der Waals surface area contributed by atoms with Gasteiger partial charge >= 0.3 is 12.1 Å². The van der Waals surface area contributed by atoms with E-state index in [2.05, 4.69) is 10.4 Å². The number of aromatic nitrogens is 2. The van der Waals surface area contributed by atoms with Crippen molar-refractivity contribution in [3.05, 3.63) is 17.0 Å². The molecule has 0 spiro atoms. The zero-order chi connectivity index (χ0) is 19.5. The van der Waals surface area contributed by atoms with Crippen LogP contribution in [0.1, 0.15) is 47.4 Å². The first-order valence-electron chi connectivity index (χ1n) is 8.21. The van der Waals surface area contributed by atoms with Crippen molar-refractivity contribution in [2.75, 3.05) is 13.2 Å². The normalized spacial score (nSPS) is 17.7. The van der Waals surface area contributed by atoms with E-state index in [-0.39, 0.29) is 36.8 Å². The van der Waals surface area contributed by atoms with Gasteiger partial charge in [0.05, 0.1) is 18.2 Å². The van der Waals surface area contributed by atoms with Gasteiger partial charge in [0.2, 0.25) is 5.91 Å². The predicted octanol–water partition coefficient (Wildman–Crippen LogP) is 1.78. The van der Waals surface area contributed by atoms with Gasteiger partial charge in [-0.05, 0) is 26.2 Å². The summed E-state index contributed by atoms with van der Waals surface area (Å²) >= 11 is 0. The summed E-state index contributed by atoms with van der Waals surface area (Å²) in [5.41, 5.74) is -1.88. The maximum Gasteiger partial charge on any atom is 0.436 e. The van der Waals surface area contributed by atoms with Crippen LogP contribution in [-0.2, 0) is 27.5 Å². The molecule has 0 saturated carbocycles. The maximum atomic E-state index is 13.0. The minimum atomic E-state index is -4.77. The van der Waals surface area contributed by atoms with Gasteiger partial charge in [0.1, 0.15) is 11.3 Å². The summed E-state index contributed by atoms with van der Waals surface area (Å²) < 4.78 is 44.8. The molecular weight excluding hydrogens is 355 g/mol. The molecule has 1 fully saturated rings. The maximum absolute atomic E-state index is 13.0. The number of carbonyl (C=O) groups is 3. The van der Waals surface area contributed by atoms with E-state index < -0.39 is 29.3 Å². The number of ether oxygens (including phenoxy) is 1. The molecule has 2 heterocycles. The smallest absolute Gasteiger partial charge is 0.436 e. The zero-order valence-electron chi connectivity index (χ0n) is 14.5. The Balaban J connectivity index is 1.90. The molecule has 1 aromatic heterocycles. The number of carbonyl (C=O) groups excluding carboxylic acids is 3. The topological polar surface area (TPSA) is 90.3 Å². The van der Waals surface area contributed by atoms with E-state index in [1.807, 2.05) is 0 Å². The second-order valence-corrected chi connectivity index (χ2v) is 6.12. The van der Waals surface area contributed by atoms with Crippen molar-refractivity contribution >= 4 is 17.7 Å². The molecule has 0 aliphatic carbocycles. The van der Waals surface area contributed by atoms with Crippen molar-refractivity contribution in [1.29, 1.82) is 0 Å². The molecule has 1 atom stereocenters. The molecule has 1 aliphatic heterocycles. The monoisotopic (exact) mass is 375 g/mol. The van der Waals surface area contributed by atoms with Crippen molar-refractivity contribution in [1.82, 2.24) is 15.1 Å². The summed E-state index contributed by atoms with van der Waals surface area (Å²) in [4.78, 5) is 35.6. The molecule has 0 bridgehead atoms. The molecule has 1 aromatic rings. The second kappa shape index (κ2) is 7.88. The van der Waals surface area contributed by atoms with Crippen LogP contribution in [0.5, 0.6) is 0 Å². The first kappa shape index (κ1) is 19.9. The van der Waals surface area contributed by atoms with Gasteiger partial charge in [0.15, 0.2) is 5.69 Å². The summed E-state index contributed by atoms with van der Waals surface area (Å²) in [5.74, 6) is -2.39. The third kappa shape index (κ3) is 4.41. The second-order valence-electron chi connectivity index (χ2n) is 6.12. The molecule has 0 radical (unpaired) electrons. The highest BCUT2D eigenvalue weighted by atomic mass is 19.4. The summed E-state index contributed by atoms with van der Waals surface area (Å²) in [5, 5.41) is 5.93. The van der Waals surface area contributed by atoms with Gasteiger partial charge in [0.25, 0.3) is 0 Å². The minimum absolute atomic E-state index is 0.0174. The lowest BCUT2D eigenvalue weighted by atomic mass is 9.92. The Kier molecular flexibility index (Phi) is 6.04. The van der Waals surface area contributed by atoms with Crippen LogP contribution in [0.3, 0.4) is 0 Å². The standard InChI is InChI=1S/C16H20F3N3O4/c1-9-12(13(16(17,18)19)21-22(9)2)15(25)26-8-4-6-11(23)10-5-3-7-20-14(10)24/h10H,3-8H2,1-2H3,(H,20,24)/t10-/m0/s1. The lowest BCUT2D eigenvalue weighted by Crippen LogP contribution is -2.40. The molecule has 1 saturated heterocycles. The summed E-state index contributed by atoms with van der Waals surface area (Å²) in [7, 11) is 1.30. The molecule has 26 heavy (non-hydrogen) atoms. The van der Waals surface area contributed by atoms with Gasteiger partial charge in [0, 0.05) is 20.0 Å². The molecule has 7 nitrogen and oxygen atoms in total. The van der Waals surface area contributed by atoms with E-state index in [0.717, 1.165) is 11.1 Å². The number of nitrogens with zero attached hydrogens (tertiary/aromatic N) is 2. The lowest BCUT2D eigenvalue weighted by molar-refractivity contribution is -0.142. The van der Waals surface area contributed by atoms with Crippen LogP contribution in [0, 0.1) is 12.8 Å². The van der Waals surface area contributed by atoms with Gasteiger partial charge in [-0.2, -0.15) is 18.3 Å². The minimum Gasteiger partial charge on any atom is -0.462 e. The highest BCUT2D eigenvalue weighted by molar-refractivity contribution is 6.01. The first-order valence-corrected chi connectivity index (χ1v) is 8.21. The van der Waals surface area contributed by atoms with Crippen LogP contribution in [0.15, 0.2) is 0 Å². The Morgan fingerprint density at radius 3 is 2.69 bits per heavy atom. The van der Waals surface area contributed by atoms with E-state index in [4.69, 9.17) is 4.74 Å². The average molecular weight is 375 g/mol. The van der Waals surface area contributed by atoms with E-state index in [0.29, 0.717) is 13.0 Å². The summed E-state index contributed by atoms with van der Waals surface area (Å²) in [6, 6.07) is 0. The van der Waals surface area contributed by atoms with Crippen LogP contribution in [0.2, 0.25) is 0 Å². The fourth-order valence-electron chi connectivity index (χ4n) is 2.79. The van der Waals surface area contributed by atoms with Crippen molar-refractivity contribution < 1.29 is 32.3 Å². The number of nitrogens with one attached hydrogen (secondary N) is 1. The van der Waals surface area contributed by atoms with Crippen LogP contribution >= 0.6 is 0 Å². The Morgan fingerprint density at radius 2 is 2.08 bits per heavy atom. The van der Waals surface area contributed by atoms with E-state index in [9.17, 15) is 27.6 Å². The van der Waals surface area contributed by atoms with Crippen LogP contribution in [0.4, 0.5) is 13.2 Å². The Labute approximate surface area is 147 Å². The number of hydrogen-bond acceptors (Lipinski definition) is 5. The number of Topliss-reactive ketones (excluding diaryl/α,β-unsaturated/α-hetero) is 1. The molecule has 0 aromatic carbocycles. The van der Waals surface area contributed by atoms with Gasteiger partial charge in [-0.1, -0.05) is 0 Å². The van der Waals surface area contributed by atoms with Crippen molar-refractivity contribution in [2.24, 2.45) is 13.0 Å². The third-order valence-corrected chi connectivity index (χ3v) is 4.28. The average Bonchev–Trinajstić information content (AvgIpc) is 2.87. The first-order chi connectivity index (χ1) is 12.1. The van der Waals surface area contributed by atoms with E-state index in [1.54, 1.807) is 0 Å². The third-order valence-electron chi connectivity index (χ3n) is 4.28. The predicted molar refractivity (Wildman–Crippen MR) is 83.2 cm³/mol. The van der Waals surface area contributed by atoms with Crippen molar-refractivity contribution in [3.8, 4) is 0 Å². The van der Waals surface area contributed by atoms with E-state index >= 15 is 0 Å². The largest absolute Gasteiger partial charge is 0.462 e. The van der Waals surface area contributed by atoms with E-state index in [1.165, 1.54) is 14.0 Å².